The molecule has 7 heteroatoms. The van der Waals surface area contributed by atoms with Crippen LogP contribution in [0.4, 0.5) is 0 Å². The number of nitrogens with zero attached hydrogens (tertiary/aromatic N) is 2. The van der Waals surface area contributed by atoms with Crippen LogP contribution in [0, 0.1) is 0 Å². The number of amides is 1. The van der Waals surface area contributed by atoms with E-state index < -0.39 is 17.4 Å². The standard InChI is InChI=1S/C11H15N3O4/c1-7(2)14(6-10(16)18-3)11(17)8-4-13-9(15)5-12-8/h4-5,7H,6H2,1-3H3,(H,13,15). The molecule has 1 amide bonds. The largest absolute Gasteiger partial charge is 0.468 e. The van der Waals surface area contributed by atoms with Crippen molar-refractivity contribution in [3.8, 4) is 0 Å². The lowest BCUT2D eigenvalue weighted by atomic mass is 10.2. The van der Waals surface area contributed by atoms with Crippen LogP contribution in [0.3, 0.4) is 0 Å². The van der Waals surface area contributed by atoms with Crippen molar-refractivity contribution in [2.45, 2.75) is 19.9 Å². The van der Waals surface area contributed by atoms with Gasteiger partial charge in [-0.15, -0.1) is 0 Å². The fourth-order valence-corrected chi connectivity index (χ4v) is 1.30. The number of aromatic amines is 1. The highest BCUT2D eigenvalue weighted by atomic mass is 16.5. The lowest BCUT2D eigenvalue weighted by molar-refractivity contribution is -0.141. The summed E-state index contributed by atoms with van der Waals surface area (Å²) in [6.45, 7) is 3.38. The Balaban J connectivity index is 2.92. The maximum Gasteiger partial charge on any atom is 0.325 e. The summed E-state index contributed by atoms with van der Waals surface area (Å²) in [6.07, 6.45) is 2.24. The molecule has 7 nitrogen and oxygen atoms in total. The third kappa shape index (κ3) is 3.41. The van der Waals surface area contributed by atoms with Gasteiger partial charge in [-0.1, -0.05) is 0 Å². The summed E-state index contributed by atoms with van der Waals surface area (Å²) in [5.74, 6) is -0.951. The monoisotopic (exact) mass is 253 g/mol. The van der Waals surface area contributed by atoms with Gasteiger partial charge in [0.15, 0.2) is 0 Å². The number of nitrogens with one attached hydrogen (secondary N) is 1. The maximum atomic E-state index is 12.1. The molecule has 0 aromatic carbocycles. The van der Waals surface area contributed by atoms with Gasteiger partial charge < -0.3 is 14.6 Å². The fourth-order valence-electron chi connectivity index (χ4n) is 1.30. The van der Waals surface area contributed by atoms with Crippen LogP contribution in [0.5, 0.6) is 0 Å². The van der Waals surface area contributed by atoms with Crippen molar-refractivity contribution in [3.63, 3.8) is 0 Å². The molecule has 0 unspecified atom stereocenters. The van der Waals surface area contributed by atoms with Crippen molar-refractivity contribution in [3.05, 3.63) is 28.4 Å². The summed E-state index contributed by atoms with van der Waals surface area (Å²) in [6, 6.07) is -0.190. The van der Waals surface area contributed by atoms with Crippen molar-refractivity contribution >= 4 is 11.9 Å². The molecule has 1 heterocycles. The van der Waals surface area contributed by atoms with Crippen LogP contribution in [-0.4, -0.2) is 46.4 Å². The average Bonchev–Trinajstić information content (AvgIpc) is 2.35. The number of esters is 1. The molecule has 18 heavy (non-hydrogen) atoms. The normalized spacial score (nSPS) is 10.2. The molecule has 1 rings (SSSR count). The fraction of sp³-hybridized carbons (Fsp3) is 0.455. The van der Waals surface area contributed by atoms with E-state index in [1.165, 1.54) is 18.2 Å². The highest BCUT2D eigenvalue weighted by molar-refractivity contribution is 5.94. The van der Waals surface area contributed by atoms with Crippen LogP contribution in [0.1, 0.15) is 24.3 Å². The Hall–Kier alpha value is -2.18. The van der Waals surface area contributed by atoms with Crippen molar-refractivity contribution in [2.24, 2.45) is 0 Å². The molecule has 0 aliphatic carbocycles. The topological polar surface area (TPSA) is 92.4 Å². The molecule has 1 N–H and O–H groups in total. The van der Waals surface area contributed by atoms with E-state index in [2.05, 4.69) is 14.7 Å². The first kappa shape index (κ1) is 13.9. The van der Waals surface area contributed by atoms with E-state index in [0.717, 1.165) is 6.20 Å². The van der Waals surface area contributed by atoms with Gasteiger partial charge in [-0.25, -0.2) is 4.98 Å². The molecule has 0 bridgehead atoms. The minimum absolute atomic E-state index is 0.0761. The third-order valence-electron chi connectivity index (χ3n) is 2.30. The van der Waals surface area contributed by atoms with Crippen LogP contribution in [0.15, 0.2) is 17.2 Å². The number of methoxy groups -OCH3 is 1. The molecule has 1 aromatic heterocycles. The number of aromatic nitrogens is 2. The van der Waals surface area contributed by atoms with Gasteiger partial charge >= 0.3 is 5.97 Å². The molecular weight excluding hydrogens is 238 g/mol. The molecule has 0 aliphatic rings. The number of ether oxygens (including phenoxy) is 1. The van der Waals surface area contributed by atoms with Crippen molar-refractivity contribution in [1.82, 2.24) is 14.9 Å². The van der Waals surface area contributed by atoms with Gasteiger partial charge in [0.2, 0.25) is 0 Å². The Morgan fingerprint density at radius 2 is 2.17 bits per heavy atom. The van der Waals surface area contributed by atoms with Gasteiger partial charge in [-0.05, 0) is 13.8 Å². The predicted octanol–water partition coefficient (Wildman–Crippen LogP) is -0.207. The second-order valence-corrected chi connectivity index (χ2v) is 3.90. The first-order chi connectivity index (χ1) is 8.45. The van der Waals surface area contributed by atoms with E-state index in [1.54, 1.807) is 13.8 Å². The summed E-state index contributed by atoms with van der Waals surface area (Å²) in [5, 5.41) is 0. The number of rotatable bonds is 4. The Bertz CT molecular complexity index is 475. The van der Waals surface area contributed by atoms with E-state index in [4.69, 9.17) is 0 Å². The minimum Gasteiger partial charge on any atom is -0.468 e. The molecule has 0 saturated heterocycles. The van der Waals surface area contributed by atoms with E-state index in [9.17, 15) is 14.4 Å². The van der Waals surface area contributed by atoms with Gasteiger partial charge in [-0.3, -0.25) is 14.4 Å². The summed E-state index contributed by atoms with van der Waals surface area (Å²) in [7, 11) is 1.25. The number of hydrogen-bond donors (Lipinski definition) is 1. The Labute approximate surface area is 104 Å². The SMILES string of the molecule is COC(=O)CN(C(=O)c1c[nH]c(=O)cn1)C(C)C. The lowest BCUT2D eigenvalue weighted by Crippen LogP contribution is -2.41. The molecule has 0 fully saturated rings. The molecule has 0 spiro atoms. The summed E-state index contributed by atoms with van der Waals surface area (Å²) >= 11 is 0. The summed E-state index contributed by atoms with van der Waals surface area (Å²) in [5.41, 5.74) is -0.317. The van der Waals surface area contributed by atoms with E-state index >= 15 is 0 Å². The third-order valence-corrected chi connectivity index (χ3v) is 2.30. The van der Waals surface area contributed by atoms with Crippen molar-refractivity contribution in [2.75, 3.05) is 13.7 Å². The van der Waals surface area contributed by atoms with Gasteiger partial charge in [0.25, 0.3) is 11.5 Å². The quantitative estimate of drug-likeness (QED) is 0.750. The Kier molecular flexibility index (Phi) is 4.59. The van der Waals surface area contributed by atoms with E-state index in [-0.39, 0.29) is 18.3 Å². The molecule has 1 aromatic rings. The zero-order valence-electron chi connectivity index (χ0n) is 10.5. The first-order valence-corrected chi connectivity index (χ1v) is 5.38. The zero-order valence-corrected chi connectivity index (χ0v) is 10.5. The summed E-state index contributed by atoms with van der Waals surface area (Å²) < 4.78 is 4.52. The number of carbonyl (C=O) groups excluding carboxylic acids is 2. The highest BCUT2D eigenvalue weighted by Gasteiger charge is 2.22. The van der Waals surface area contributed by atoms with E-state index in [0.29, 0.717) is 0 Å². The summed E-state index contributed by atoms with van der Waals surface area (Å²) in [4.78, 5) is 41.6. The Morgan fingerprint density at radius 3 is 2.61 bits per heavy atom. The molecule has 0 atom stereocenters. The number of carbonyl (C=O) groups is 2. The molecule has 0 aliphatic heterocycles. The number of H-pyrrole nitrogens is 1. The maximum absolute atomic E-state index is 12.1. The van der Waals surface area contributed by atoms with Crippen molar-refractivity contribution in [1.29, 1.82) is 0 Å². The van der Waals surface area contributed by atoms with Crippen LogP contribution >= 0.6 is 0 Å². The average molecular weight is 253 g/mol. The molecule has 0 saturated carbocycles. The molecular formula is C11H15N3O4. The Morgan fingerprint density at radius 1 is 1.50 bits per heavy atom. The lowest BCUT2D eigenvalue weighted by Gasteiger charge is -2.24. The van der Waals surface area contributed by atoms with Gasteiger partial charge in [0, 0.05) is 12.2 Å². The second-order valence-electron chi connectivity index (χ2n) is 3.90. The smallest absolute Gasteiger partial charge is 0.325 e. The molecule has 0 radical (unpaired) electrons. The minimum atomic E-state index is -0.513. The van der Waals surface area contributed by atoms with Gasteiger partial charge in [-0.2, -0.15) is 0 Å². The van der Waals surface area contributed by atoms with Crippen LogP contribution in [0.25, 0.3) is 0 Å². The van der Waals surface area contributed by atoms with E-state index in [1.807, 2.05) is 0 Å². The van der Waals surface area contributed by atoms with Crippen LogP contribution in [0.2, 0.25) is 0 Å². The van der Waals surface area contributed by atoms with Crippen LogP contribution in [-0.2, 0) is 9.53 Å². The van der Waals surface area contributed by atoms with Gasteiger partial charge in [0.05, 0.1) is 13.3 Å². The second kappa shape index (κ2) is 5.95. The number of hydrogen-bond acceptors (Lipinski definition) is 5. The van der Waals surface area contributed by atoms with Gasteiger partial charge in [0.1, 0.15) is 12.2 Å². The zero-order chi connectivity index (χ0) is 13.7. The first-order valence-electron chi connectivity index (χ1n) is 5.38. The predicted molar refractivity (Wildman–Crippen MR) is 63.0 cm³/mol. The van der Waals surface area contributed by atoms with Crippen molar-refractivity contribution < 1.29 is 14.3 Å². The van der Waals surface area contributed by atoms with Crippen LogP contribution < -0.4 is 5.56 Å². The molecule has 98 valence electrons. The highest BCUT2D eigenvalue weighted by Crippen LogP contribution is 2.05.